The van der Waals surface area contributed by atoms with E-state index in [0.717, 1.165) is 0 Å². The van der Waals surface area contributed by atoms with Crippen LogP contribution in [0.1, 0.15) is 22.3 Å². The van der Waals surface area contributed by atoms with Crippen LogP contribution in [-0.4, -0.2) is 5.52 Å². The molecule has 0 heterocycles. The predicted molar refractivity (Wildman–Crippen MR) is 59.2 cm³/mol. The van der Waals surface area contributed by atoms with Crippen LogP contribution in [-0.2, 0) is 11.3 Å². The van der Waals surface area contributed by atoms with Crippen LogP contribution >= 0.6 is 15.9 Å². The Balaban J connectivity index is 2.92. The SMILES string of the molecule is Cc1cc(C)c(COCBr)c(C)c1. The van der Waals surface area contributed by atoms with Gasteiger partial charge in [0.2, 0.25) is 0 Å². The summed E-state index contributed by atoms with van der Waals surface area (Å²) < 4.78 is 5.34. The normalized spacial score (nSPS) is 10.5. The van der Waals surface area contributed by atoms with E-state index in [0.29, 0.717) is 12.1 Å². The highest BCUT2D eigenvalue weighted by atomic mass is 79.9. The summed E-state index contributed by atoms with van der Waals surface area (Å²) in [5.74, 6) is 0. The highest BCUT2D eigenvalue weighted by molar-refractivity contribution is 9.09. The lowest BCUT2D eigenvalue weighted by Gasteiger charge is -2.10. The maximum Gasteiger partial charge on any atom is 0.102 e. The number of halogens is 1. The molecule has 1 aromatic rings. The molecule has 0 radical (unpaired) electrons. The van der Waals surface area contributed by atoms with Crippen molar-refractivity contribution in [2.75, 3.05) is 5.52 Å². The van der Waals surface area contributed by atoms with Crippen molar-refractivity contribution in [3.63, 3.8) is 0 Å². The van der Waals surface area contributed by atoms with Gasteiger partial charge in [-0.1, -0.05) is 33.6 Å². The molecule has 0 aliphatic carbocycles. The quantitative estimate of drug-likeness (QED) is 0.738. The molecule has 0 amide bonds. The molecule has 0 bridgehead atoms. The number of rotatable bonds is 3. The monoisotopic (exact) mass is 242 g/mol. The molecule has 1 rings (SSSR count). The Morgan fingerprint density at radius 3 is 2.15 bits per heavy atom. The average Bonchev–Trinajstić information content (AvgIpc) is 2.02. The van der Waals surface area contributed by atoms with Crippen molar-refractivity contribution in [1.29, 1.82) is 0 Å². The largest absolute Gasteiger partial charge is 0.366 e. The minimum absolute atomic E-state index is 0.597. The fraction of sp³-hybridized carbons (Fsp3) is 0.455. The van der Waals surface area contributed by atoms with Crippen molar-refractivity contribution in [1.82, 2.24) is 0 Å². The van der Waals surface area contributed by atoms with Crippen LogP contribution in [0.2, 0.25) is 0 Å². The average molecular weight is 243 g/mol. The first-order valence-corrected chi connectivity index (χ1v) is 5.47. The molecule has 13 heavy (non-hydrogen) atoms. The van der Waals surface area contributed by atoms with E-state index in [1.54, 1.807) is 0 Å². The topological polar surface area (TPSA) is 9.23 Å². The van der Waals surface area contributed by atoms with Gasteiger partial charge in [-0.05, 0) is 37.5 Å². The second kappa shape index (κ2) is 4.77. The molecule has 0 saturated heterocycles. The van der Waals surface area contributed by atoms with Gasteiger partial charge in [0.15, 0.2) is 0 Å². The minimum Gasteiger partial charge on any atom is -0.366 e. The van der Waals surface area contributed by atoms with E-state index >= 15 is 0 Å². The summed E-state index contributed by atoms with van der Waals surface area (Å²) >= 11 is 3.25. The van der Waals surface area contributed by atoms with E-state index in [2.05, 4.69) is 48.8 Å². The molecule has 0 N–H and O–H groups in total. The summed E-state index contributed by atoms with van der Waals surface area (Å²) in [6.45, 7) is 7.08. The molecule has 0 saturated carbocycles. The van der Waals surface area contributed by atoms with Crippen LogP contribution in [0, 0.1) is 20.8 Å². The molecular formula is C11H15BrO. The second-order valence-electron chi connectivity index (χ2n) is 3.33. The van der Waals surface area contributed by atoms with Crippen LogP contribution < -0.4 is 0 Å². The number of ether oxygens (including phenoxy) is 1. The standard InChI is InChI=1S/C11H15BrO/c1-8-4-9(2)11(6-13-7-12)10(3)5-8/h4-5H,6-7H2,1-3H3. The third kappa shape index (κ3) is 2.82. The molecule has 0 aliphatic rings. The maximum absolute atomic E-state index is 5.34. The van der Waals surface area contributed by atoms with Crippen molar-refractivity contribution in [3.05, 3.63) is 34.4 Å². The van der Waals surface area contributed by atoms with Gasteiger partial charge >= 0.3 is 0 Å². The highest BCUT2D eigenvalue weighted by Crippen LogP contribution is 2.17. The number of hydrogen-bond acceptors (Lipinski definition) is 1. The third-order valence-electron chi connectivity index (χ3n) is 2.16. The highest BCUT2D eigenvalue weighted by Gasteiger charge is 2.02. The predicted octanol–water partition coefficient (Wildman–Crippen LogP) is 3.48. The molecule has 0 unspecified atom stereocenters. The first-order chi connectivity index (χ1) is 6.15. The molecule has 2 heteroatoms. The number of alkyl halides is 1. The van der Waals surface area contributed by atoms with E-state index < -0.39 is 0 Å². The smallest absolute Gasteiger partial charge is 0.102 e. The van der Waals surface area contributed by atoms with E-state index in [-0.39, 0.29) is 0 Å². The Morgan fingerprint density at radius 2 is 1.69 bits per heavy atom. The Labute approximate surface area is 88.2 Å². The summed E-state index contributed by atoms with van der Waals surface area (Å²) in [6.07, 6.45) is 0. The van der Waals surface area contributed by atoms with Gasteiger partial charge in [-0.3, -0.25) is 0 Å². The van der Waals surface area contributed by atoms with Crippen molar-refractivity contribution < 1.29 is 4.74 Å². The lowest BCUT2D eigenvalue weighted by molar-refractivity contribution is 0.171. The van der Waals surface area contributed by atoms with Crippen molar-refractivity contribution in [3.8, 4) is 0 Å². The summed E-state index contributed by atoms with van der Waals surface area (Å²) in [6, 6.07) is 4.39. The molecule has 0 spiro atoms. The zero-order valence-corrected chi connectivity index (χ0v) is 9.94. The van der Waals surface area contributed by atoms with Crippen LogP contribution in [0.5, 0.6) is 0 Å². The summed E-state index contributed by atoms with van der Waals surface area (Å²) in [5, 5.41) is 0. The summed E-state index contributed by atoms with van der Waals surface area (Å²) in [5.41, 5.74) is 5.86. The Hall–Kier alpha value is -0.340. The van der Waals surface area contributed by atoms with E-state index in [1.807, 2.05) is 0 Å². The van der Waals surface area contributed by atoms with Crippen LogP contribution in [0.4, 0.5) is 0 Å². The van der Waals surface area contributed by atoms with Crippen LogP contribution in [0.15, 0.2) is 12.1 Å². The van der Waals surface area contributed by atoms with Gasteiger partial charge in [0.05, 0.1) is 6.61 Å². The molecule has 72 valence electrons. The third-order valence-corrected chi connectivity index (χ3v) is 2.49. The van der Waals surface area contributed by atoms with E-state index in [1.165, 1.54) is 22.3 Å². The van der Waals surface area contributed by atoms with Crippen LogP contribution in [0.3, 0.4) is 0 Å². The number of aryl methyl sites for hydroxylation is 3. The molecule has 1 nitrogen and oxygen atoms in total. The Morgan fingerprint density at radius 1 is 1.15 bits per heavy atom. The van der Waals surface area contributed by atoms with Gasteiger partial charge in [-0.15, -0.1) is 0 Å². The molecule has 0 aromatic heterocycles. The van der Waals surface area contributed by atoms with Crippen molar-refractivity contribution in [2.24, 2.45) is 0 Å². The second-order valence-corrected chi connectivity index (χ2v) is 3.79. The summed E-state index contributed by atoms with van der Waals surface area (Å²) in [7, 11) is 0. The molecule has 0 aliphatic heterocycles. The first-order valence-electron chi connectivity index (χ1n) is 4.35. The maximum atomic E-state index is 5.34. The van der Waals surface area contributed by atoms with E-state index in [4.69, 9.17) is 4.74 Å². The zero-order chi connectivity index (χ0) is 9.84. The zero-order valence-electron chi connectivity index (χ0n) is 8.36. The Bertz CT molecular complexity index is 271. The van der Waals surface area contributed by atoms with Crippen molar-refractivity contribution >= 4 is 15.9 Å². The number of benzene rings is 1. The van der Waals surface area contributed by atoms with Gasteiger partial charge in [0.25, 0.3) is 0 Å². The minimum atomic E-state index is 0.597. The first kappa shape index (κ1) is 10.7. The van der Waals surface area contributed by atoms with Gasteiger partial charge in [0, 0.05) is 0 Å². The fourth-order valence-corrected chi connectivity index (χ4v) is 1.74. The van der Waals surface area contributed by atoms with Gasteiger partial charge in [-0.2, -0.15) is 0 Å². The van der Waals surface area contributed by atoms with Crippen LogP contribution in [0.25, 0.3) is 0 Å². The van der Waals surface area contributed by atoms with Gasteiger partial charge < -0.3 is 4.74 Å². The molecular weight excluding hydrogens is 228 g/mol. The van der Waals surface area contributed by atoms with E-state index in [9.17, 15) is 0 Å². The Kier molecular flexibility index (Phi) is 3.94. The fourth-order valence-electron chi connectivity index (χ4n) is 1.58. The molecule has 1 aromatic carbocycles. The molecule has 0 atom stereocenters. The lowest BCUT2D eigenvalue weighted by atomic mass is 10.0. The lowest BCUT2D eigenvalue weighted by Crippen LogP contribution is -1.97. The molecule has 0 fully saturated rings. The van der Waals surface area contributed by atoms with Gasteiger partial charge in [-0.25, -0.2) is 0 Å². The summed E-state index contributed by atoms with van der Waals surface area (Å²) in [4.78, 5) is 0. The number of hydrogen-bond donors (Lipinski definition) is 0. The van der Waals surface area contributed by atoms with Crippen molar-refractivity contribution in [2.45, 2.75) is 27.4 Å². The van der Waals surface area contributed by atoms with Gasteiger partial charge in [0.1, 0.15) is 5.52 Å².